The van der Waals surface area contributed by atoms with Crippen LogP contribution < -0.4 is 0 Å². The van der Waals surface area contributed by atoms with Crippen LogP contribution in [0.3, 0.4) is 0 Å². The number of allylic oxidation sites excluding steroid dienone is 1. The van der Waals surface area contributed by atoms with Gasteiger partial charge in [-0.1, -0.05) is 26.0 Å². The zero-order valence-corrected chi connectivity index (χ0v) is 7.53. The highest BCUT2D eigenvalue weighted by Gasteiger charge is 2.10. The van der Waals surface area contributed by atoms with Crippen LogP contribution in [-0.4, -0.2) is 22.8 Å². The van der Waals surface area contributed by atoms with Gasteiger partial charge in [-0.25, -0.2) is 0 Å². The van der Waals surface area contributed by atoms with Gasteiger partial charge >= 0.3 is 5.97 Å². The van der Waals surface area contributed by atoms with Crippen molar-refractivity contribution in [1.29, 1.82) is 0 Å². The Hall–Kier alpha value is -0.830. The standard InChI is InChI=1S/C9H16O3/c1-7(2)4-3-5-8(6-10)9(11)12/h3,5,7-8,10H,4,6H2,1-2H3,(H,11,12)/b5-3+/t8-/m0/s1. The van der Waals surface area contributed by atoms with Crippen LogP contribution in [0.25, 0.3) is 0 Å². The molecule has 0 aromatic carbocycles. The van der Waals surface area contributed by atoms with E-state index in [4.69, 9.17) is 10.2 Å². The molecule has 0 fully saturated rings. The van der Waals surface area contributed by atoms with Gasteiger partial charge < -0.3 is 10.2 Å². The van der Waals surface area contributed by atoms with Gasteiger partial charge in [-0.15, -0.1) is 0 Å². The number of hydrogen-bond donors (Lipinski definition) is 2. The van der Waals surface area contributed by atoms with Crippen LogP contribution in [0.1, 0.15) is 20.3 Å². The second-order valence-electron chi connectivity index (χ2n) is 3.19. The van der Waals surface area contributed by atoms with E-state index in [1.54, 1.807) is 12.2 Å². The van der Waals surface area contributed by atoms with Crippen molar-refractivity contribution in [2.45, 2.75) is 20.3 Å². The molecular formula is C9H16O3. The molecule has 0 saturated carbocycles. The summed E-state index contributed by atoms with van der Waals surface area (Å²) in [5.74, 6) is -1.20. The smallest absolute Gasteiger partial charge is 0.312 e. The SMILES string of the molecule is CC(C)C/C=C/[C@@H](CO)C(=O)O. The van der Waals surface area contributed by atoms with Crippen LogP contribution in [0.5, 0.6) is 0 Å². The lowest BCUT2D eigenvalue weighted by molar-refractivity contribution is -0.141. The number of carbonyl (C=O) groups is 1. The van der Waals surface area contributed by atoms with Gasteiger partial charge in [0, 0.05) is 0 Å². The van der Waals surface area contributed by atoms with Gasteiger partial charge in [0.1, 0.15) is 0 Å². The molecule has 0 saturated heterocycles. The summed E-state index contributed by atoms with van der Waals surface area (Å²) in [5.41, 5.74) is 0. The molecule has 0 aliphatic carbocycles. The first-order valence-electron chi connectivity index (χ1n) is 4.08. The first-order chi connectivity index (χ1) is 5.57. The summed E-state index contributed by atoms with van der Waals surface area (Å²) in [6.07, 6.45) is 4.20. The van der Waals surface area contributed by atoms with E-state index >= 15 is 0 Å². The Kier molecular flexibility index (Phi) is 5.37. The Morgan fingerprint density at radius 1 is 1.50 bits per heavy atom. The molecule has 0 aromatic rings. The number of carboxylic acid groups (broad SMARTS) is 1. The summed E-state index contributed by atoms with van der Waals surface area (Å²) in [6, 6.07) is 0. The molecule has 0 spiro atoms. The normalized spacial score (nSPS) is 14.0. The number of aliphatic carboxylic acids is 1. The fraction of sp³-hybridized carbons (Fsp3) is 0.667. The molecule has 0 bridgehead atoms. The molecule has 0 aromatic heterocycles. The van der Waals surface area contributed by atoms with Gasteiger partial charge in [0.2, 0.25) is 0 Å². The highest BCUT2D eigenvalue weighted by molar-refractivity contribution is 5.72. The Labute approximate surface area is 72.7 Å². The largest absolute Gasteiger partial charge is 0.481 e. The molecule has 12 heavy (non-hydrogen) atoms. The lowest BCUT2D eigenvalue weighted by atomic mass is 10.1. The quantitative estimate of drug-likeness (QED) is 0.614. The fourth-order valence-corrected chi connectivity index (χ4v) is 0.736. The Balaban J connectivity index is 3.85. The van der Waals surface area contributed by atoms with Gasteiger partial charge in [-0.05, 0) is 12.3 Å². The van der Waals surface area contributed by atoms with E-state index in [0.29, 0.717) is 5.92 Å². The maximum atomic E-state index is 10.4. The molecule has 0 unspecified atom stereocenters. The fourth-order valence-electron chi connectivity index (χ4n) is 0.736. The molecule has 3 nitrogen and oxygen atoms in total. The maximum Gasteiger partial charge on any atom is 0.312 e. The summed E-state index contributed by atoms with van der Waals surface area (Å²) in [5, 5.41) is 17.2. The van der Waals surface area contributed by atoms with Gasteiger partial charge in [0.15, 0.2) is 0 Å². The van der Waals surface area contributed by atoms with Crippen molar-refractivity contribution in [2.75, 3.05) is 6.61 Å². The number of aliphatic hydroxyl groups is 1. The van der Waals surface area contributed by atoms with Gasteiger partial charge in [0.25, 0.3) is 0 Å². The molecule has 0 amide bonds. The number of aliphatic hydroxyl groups excluding tert-OH is 1. The van der Waals surface area contributed by atoms with E-state index in [2.05, 4.69) is 13.8 Å². The van der Waals surface area contributed by atoms with Crippen molar-refractivity contribution >= 4 is 5.97 Å². The first-order valence-corrected chi connectivity index (χ1v) is 4.08. The average molecular weight is 172 g/mol. The maximum absolute atomic E-state index is 10.4. The van der Waals surface area contributed by atoms with Crippen LogP contribution in [0, 0.1) is 11.8 Å². The highest BCUT2D eigenvalue weighted by Crippen LogP contribution is 2.04. The van der Waals surface area contributed by atoms with Crippen molar-refractivity contribution in [3.05, 3.63) is 12.2 Å². The molecule has 1 atom stereocenters. The molecule has 0 radical (unpaired) electrons. The molecule has 70 valence electrons. The van der Waals surface area contributed by atoms with Crippen molar-refractivity contribution in [3.63, 3.8) is 0 Å². The third-order valence-corrected chi connectivity index (χ3v) is 1.49. The molecule has 0 aliphatic heterocycles. The highest BCUT2D eigenvalue weighted by atomic mass is 16.4. The van der Waals surface area contributed by atoms with Crippen molar-refractivity contribution in [1.82, 2.24) is 0 Å². The van der Waals surface area contributed by atoms with E-state index in [9.17, 15) is 4.79 Å². The third kappa shape index (κ3) is 4.91. The second kappa shape index (κ2) is 5.77. The molecule has 2 N–H and O–H groups in total. The van der Waals surface area contributed by atoms with E-state index in [0.717, 1.165) is 6.42 Å². The summed E-state index contributed by atoms with van der Waals surface area (Å²) < 4.78 is 0. The summed E-state index contributed by atoms with van der Waals surface area (Å²) in [4.78, 5) is 10.4. The Morgan fingerprint density at radius 3 is 2.42 bits per heavy atom. The van der Waals surface area contributed by atoms with E-state index < -0.39 is 11.9 Å². The van der Waals surface area contributed by atoms with Crippen LogP contribution in [0.2, 0.25) is 0 Å². The molecule has 0 aliphatic rings. The predicted octanol–water partition coefficient (Wildman–Crippen LogP) is 1.28. The minimum Gasteiger partial charge on any atom is -0.481 e. The number of carboxylic acids is 1. The monoisotopic (exact) mass is 172 g/mol. The lowest BCUT2D eigenvalue weighted by Gasteiger charge is -2.02. The predicted molar refractivity (Wildman–Crippen MR) is 46.8 cm³/mol. The average Bonchev–Trinajstić information content (AvgIpc) is 1.96. The lowest BCUT2D eigenvalue weighted by Crippen LogP contribution is -2.14. The van der Waals surface area contributed by atoms with E-state index in [1.807, 2.05) is 0 Å². The second-order valence-corrected chi connectivity index (χ2v) is 3.19. The van der Waals surface area contributed by atoms with Crippen LogP contribution in [0.15, 0.2) is 12.2 Å². The zero-order valence-electron chi connectivity index (χ0n) is 7.53. The van der Waals surface area contributed by atoms with Gasteiger partial charge in [0.05, 0.1) is 12.5 Å². The summed E-state index contributed by atoms with van der Waals surface area (Å²) in [7, 11) is 0. The van der Waals surface area contributed by atoms with Gasteiger partial charge in [-0.2, -0.15) is 0 Å². The van der Waals surface area contributed by atoms with E-state index in [-0.39, 0.29) is 6.61 Å². The number of hydrogen-bond acceptors (Lipinski definition) is 2. The summed E-state index contributed by atoms with van der Waals surface area (Å²) >= 11 is 0. The Bertz CT molecular complexity index is 161. The van der Waals surface area contributed by atoms with E-state index in [1.165, 1.54) is 0 Å². The zero-order chi connectivity index (χ0) is 9.56. The third-order valence-electron chi connectivity index (χ3n) is 1.49. The van der Waals surface area contributed by atoms with Crippen molar-refractivity contribution in [2.24, 2.45) is 11.8 Å². The topological polar surface area (TPSA) is 57.5 Å². The minimum atomic E-state index is -0.975. The van der Waals surface area contributed by atoms with Crippen molar-refractivity contribution < 1.29 is 15.0 Å². The molecule has 0 rings (SSSR count). The molecular weight excluding hydrogens is 156 g/mol. The van der Waals surface area contributed by atoms with Gasteiger partial charge in [-0.3, -0.25) is 4.79 Å². The Morgan fingerprint density at radius 2 is 2.08 bits per heavy atom. The first kappa shape index (κ1) is 11.2. The van der Waals surface area contributed by atoms with Crippen LogP contribution in [0.4, 0.5) is 0 Å². The molecule has 0 heterocycles. The van der Waals surface area contributed by atoms with Crippen molar-refractivity contribution in [3.8, 4) is 0 Å². The number of rotatable bonds is 5. The van der Waals surface area contributed by atoms with Crippen LogP contribution in [-0.2, 0) is 4.79 Å². The minimum absolute atomic E-state index is 0.329. The summed E-state index contributed by atoms with van der Waals surface area (Å²) in [6.45, 7) is 3.78. The molecule has 3 heteroatoms. The van der Waals surface area contributed by atoms with Crippen LogP contribution >= 0.6 is 0 Å².